The van der Waals surface area contributed by atoms with Crippen molar-refractivity contribution in [3.05, 3.63) is 59.6 Å². The molecule has 1 N–H and O–H groups in total. The topological polar surface area (TPSA) is 110 Å². The molecule has 1 unspecified atom stereocenters. The molecule has 0 saturated carbocycles. The molecule has 1 fully saturated rings. The Morgan fingerprint density at radius 2 is 2.17 bits per heavy atom. The number of halogens is 2. The van der Waals surface area contributed by atoms with Crippen LogP contribution in [0.15, 0.2) is 47.0 Å². The zero-order valence-electron chi connectivity index (χ0n) is 18.4. The Morgan fingerprint density at radius 1 is 1.29 bits per heavy atom. The fourth-order valence-corrected chi connectivity index (χ4v) is 3.94. The van der Waals surface area contributed by atoms with E-state index >= 15 is 0 Å². The summed E-state index contributed by atoms with van der Waals surface area (Å²) in [5, 5.41) is 12.0. The van der Waals surface area contributed by atoms with Gasteiger partial charge in [-0.3, -0.25) is 4.90 Å². The lowest BCUT2D eigenvalue weighted by molar-refractivity contribution is -0.0521. The Morgan fingerprint density at radius 3 is 2.94 bits per heavy atom. The molecule has 5 rings (SSSR count). The summed E-state index contributed by atoms with van der Waals surface area (Å²) in [6.07, 6.45) is 2.02. The van der Waals surface area contributed by atoms with Crippen molar-refractivity contribution in [2.75, 3.05) is 19.8 Å². The zero-order valence-corrected chi connectivity index (χ0v) is 18.4. The van der Waals surface area contributed by atoms with E-state index in [1.54, 1.807) is 36.5 Å². The molecule has 35 heavy (non-hydrogen) atoms. The second-order valence-corrected chi connectivity index (χ2v) is 7.96. The number of amides is 2. The van der Waals surface area contributed by atoms with Gasteiger partial charge in [0.25, 0.3) is 0 Å². The molecule has 0 radical (unpaired) electrons. The summed E-state index contributed by atoms with van der Waals surface area (Å²) in [7, 11) is 0. The first kappa shape index (κ1) is 22.6. The number of oxazole rings is 1. The van der Waals surface area contributed by atoms with Gasteiger partial charge in [-0.25, -0.2) is 9.78 Å². The quantitative estimate of drug-likeness (QED) is 0.541. The van der Waals surface area contributed by atoms with Crippen LogP contribution in [-0.2, 0) is 11.3 Å². The second-order valence-electron chi connectivity index (χ2n) is 7.96. The third-order valence-corrected chi connectivity index (χ3v) is 5.60. The summed E-state index contributed by atoms with van der Waals surface area (Å²) >= 11 is 0. The molecule has 1 saturated heterocycles. The molecular weight excluding hydrogens is 462 g/mol. The highest BCUT2D eigenvalue weighted by molar-refractivity contribution is 5.84. The van der Waals surface area contributed by atoms with Gasteiger partial charge in [-0.05, 0) is 35.4 Å². The lowest BCUT2D eigenvalue weighted by Crippen LogP contribution is -2.41. The van der Waals surface area contributed by atoms with E-state index in [0.717, 1.165) is 5.57 Å². The Labute approximate surface area is 198 Å². The molecule has 9 nitrogen and oxygen atoms in total. The number of aromatic nitrogens is 1. The molecular formula is C24H20F2N4O5. The van der Waals surface area contributed by atoms with E-state index in [9.17, 15) is 18.8 Å². The van der Waals surface area contributed by atoms with E-state index in [0.29, 0.717) is 41.9 Å². The lowest BCUT2D eigenvalue weighted by Gasteiger charge is -2.25. The number of hydrogen-bond donors (Lipinski definition) is 1. The number of ether oxygens (including phenoxy) is 3. The van der Waals surface area contributed by atoms with Gasteiger partial charge in [-0.15, -0.1) is 0 Å². The van der Waals surface area contributed by atoms with Crippen LogP contribution in [0.25, 0.3) is 16.7 Å². The highest BCUT2D eigenvalue weighted by Gasteiger charge is 2.24. The summed E-state index contributed by atoms with van der Waals surface area (Å²) < 4.78 is 47.3. The number of carbonyl (C=O) groups excluding carboxylic acids is 1. The molecule has 0 spiro atoms. The van der Waals surface area contributed by atoms with Crippen molar-refractivity contribution in [2.24, 2.45) is 0 Å². The average molecular weight is 482 g/mol. The van der Waals surface area contributed by atoms with Crippen LogP contribution in [-0.4, -0.2) is 48.4 Å². The van der Waals surface area contributed by atoms with E-state index < -0.39 is 6.61 Å². The third-order valence-electron chi connectivity index (χ3n) is 5.60. The highest BCUT2D eigenvalue weighted by Crippen LogP contribution is 2.34. The van der Waals surface area contributed by atoms with E-state index in [1.807, 2.05) is 0 Å². The molecule has 11 heteroatoms. The van der Waals surface area contributed by atoms with Gasteiger partial charge in [0.2, 0.25) is 5.89 Å². The Kier molecular flexibility index (Phi) is 6.20. The number of nitrogens with zero attached hydrogens (tertiary/aromatic N) is 3. The maximum atomic E-state index is 12.9. The van der Waals surface area contributed by atoms with Crippen LogP contribution in [0.4, 0.5) is 13.6 Å². The van der Waals surface area contributed by atoms with Crippen LogP contribution in [0, 0.1) is 11.3 Å². The van der Waals surface area contributed by atoms with Crippen LogP contribution in [0.3, 0.4) is 0 Å². The number of benzene rings is 2. The van der Waals surface area contributed by atoms with Crippen molar-refractivity contribution in [1.82, 2.24) is 15.2 Å². The molecule has 0 aliphatic carbocycles. The Bertz CT molecular complexity index is 1330. The van der Waals surface area contributed by atoms with Gasteiger partial charge < -0.3 is 23.9 Å². The van der Waals surface area contributed by atoms with Crippen LogP contribution < -0.4 is 14.8 Å². The molecule has 1 atom stereocenters. The van der Waals surface area contributed by atoms with Gasteiger partial charge in [0.15, 0.2) is 17.1 Å². The van der Waals surface area contributed by atoms with Crippen LogP contribution >= 0.6 is 0 Å². The minimum atomic E-state index is -3.00. The molecule has 0 bridgehead atoms. The smallest absolute Gasteiger partial charge is 0.387 e. The number of nitrogens with one attached hydrogen (secondary N) is 1. The number of rotatable bonds is 7. The number of para-hydroxylation sites is 1. The molecule has 3 aromatic rings. The highest BCUT2D eigenvalue weighted by atomic mass is 19.3. The largest absolute Gasteiger partial charge is 0.484 e. The predicted octanol–water partition coefficient (Wildman–Crippen LogP) is 4.03. The first-order valence-corrected chi connectivity index (χ1v) is 10.9. The van der Waals surface area contributed by atoms with Gasteiger partial charge in [-0.1, -0.05) is 12.1 Å². The predicted molar refractivity (Wildman–Crippen MR) is 119 cm³/mol. The van der Waals surface area contributed by atoms with Crippen LogP contribution in [0.5, 0.6) is 11.5 Å². The normalized spacial score (nSPS) is 17.9. The van der Waals surface area contributed by atoms with Crippen molar-refractivity contribution in [3.8, 4) is 17.6 Å². The molecule has 2 aliphatic rings. The standard InChI is InChI=1S/C24H20F2N4O5/c25-23(26)35-18-5-4-14(8-20(18)33-17-6-7-32-13-17)16-10-28-24(31)30(11-16)12-21-29-22-15(9-27)2-1-3-19(22)34-21/h1-5,8,11,17,23H,6-7,10,12-13H2,(H,28,31). The maximum absolute atomic E-state index is 12.9. The molecule has 1 aromatic heterocycles. The van der Waals surface area contributed by atoms with Gasteiger partial charge in [0, 0.05) is 19.2 Å². The summed E-state index contributed by atoms with van der Waals surface area (Å²) in [4.78, 5) is 18.2. The molecule has 2 aliphatic heterocycles. The summed E-state index contributed by atoms with van der Waals surface area (Å²) in [5.74, 6) is 0.361. The maximum Gasteiger partial charge on any atom is 0.387 e. The third kappa shape index (κ3) is 4.88. The van der Waals surface area contributed by atoms with Crippen molar-refractivity contribution in [1.29, 1.82) is 5.26 Å². The number of alkyl halides is 2. The first-order chi connectivity index (χ1) is 17.0. The van der Waals surface area contributed by atoms with E-state index in [2.05, 4.69) is 21.1 Å². The van der Waals surface area contributed by atoms with Gasteiger partial charge in [-0.2, -0.15) is 14.0 Å². The van der Waals surface area contributed by atoms with Crippen LogP contribution in [0.1, 0.15) is 23.4 Å². The molecule has 2 amide bonds. The summed E-state index contributed by atoms with van der Waals surface area (Å²) in [5.41, 5.74) is 2.64. The molecule has 180 valence electrons. The SMILES string of the molecule is N#Cc1cccc2oc(CN3C=C(c4ccc(OC(F)F)c(OC5CCOC5)c4)CNC3=O)nc12. The molecule has 3 heterocycles. The first-order valence-electron chi connectivity index (χ1n) is 10.9. The van der Waals surface area contributed by atoms with Crippen molar-refractivity contribution >= 4 is 22.7 Å². The minimum Gasteiger partial charge on any atom is -0.484 e. The number of nitriles is 1. The summed E-state index contributed by atoms with van der Waals surface area (Å²) in [6.45, 7) is -1.84. The van der Waals surface area contributed by atoms with Gasteiger partial charge in [0.05, 0.1) is 18.8 Å². The fourth-order valence-electron chi connectivity index (χ4n) is 3.94. The Balaban J connectivity index is 1.42. The van der Waals surface area contributed by atoms with Gasteiger partial charge in [0.1, 0.15) is 24.2 Å². The van der Waals surface area contributed by atoms with Crippen molar-refractivity contribution in [3.63, 3.8) is 0 Å². The monoisotopic (exact) mass is 482 g/mol. The number of hydrogen-bond acceptors (Lipinski definition) is 7. The Hall–Kier alpha value is -4.17. The van der Waals surface area contributed by atoms with Crippen molar-refractivity contribution < 1.29 is 32.2 Å². The van der Waals surface area contributed by atoms with Gasteiger partial charge >= 0.3 is 12.6 Å². The van der Waals surface area contributed by atoms with Crippen LogP contribution in [0.2, 0.25) is 0 Å². The minimum absolute atomic E-state index is 0.0320. The van der Waals surface area contributed by atoms with E-state index in [-0.39, 0.29) is 42.6 Å². The fraction of sp³-hybridized carbons (Fsp3) is 0.292. The average Bonchev–Trinajstić information content (AvgIpc) is 3.50. The number of urea groups is 1. The lowest BCUT2D eigenvalue weighted by atomic mass is 10.0. The van der Waals surface area contributed by atoms with E-state index in [1.165, 1.54) is 11.0 Å². The molecule has 2 aromatic carbocycles. The number of fused-ring (bicyclic) bond motifs is 1. The second kappa shape index (κ2) is 9.60. The number of carbonyl (C=O) groups is 1. The van der Waals surface area contributed by atoms with E-state index in [4.69, 9.17) is 13.9 Å². The van der Waals surface area contributed by atoms with Crippen molar-refractivity contribution in [2.45, 2.75) is 25.7 Å². The zero-order chi connectivity index (χ0) is 24.4. The summed E-state index contributed by atoms with van der Waals surface area (Å²) in [6, 6.07) is 11.4.